The summed E-state index contributed by atoms with van der Waals surface area (Å²) < 4.78 is 23.5. The molecular formula is C53H90N2O6P+. The van der Waals surface area contributed by atoms with E-state index in [9.17, 15) is 19.4 Å². The van der Waals surface area contributed by atoms with E-state index in [-0.39, 0.29) is 19.1 Å². The number of nitrogens with zero attached hydrogens (tertiary/aromatic N) is 1. The summed E-state index contributed by atoms with van der Waals surface area (Å²) in [5, 5.41) is 13.8. The minimum atomic E-state index is -4.36. The van der Waals surface area contributed by atoms with Crippen LogP contribution in [0, 0.1) is 0 Å². The average molecular weight is 882 g/mol. The van der Waals surface area contributed by atoms with Crippen molar-refractivity contribution in [3.63, 3.8) is 0 Å². The zero-order chi connectivity index (χ0) is 45.7. The van der Waals surface area contributed by atoms with Crippen molar-refractivity contribution in [1.29, 1.82) is 0 Å². The number of hydrogen-bond donors (Lipinski definition) is 3. The van der Waals surface area contributed by atoms with Crippen LogP contribution in [-0.4, -0.2) is 73.4 Å². The molecule has 0 saturated heterocycles. The lowest BCUT2D eigenvalue weighted by molar-refractivity contribution is -0.870. The van der Waals surface area contributed by atoms with E-state index in [1.54, 1.807) is 6.08 Å². The molecule has 0 saturated carbocycles. The predicted molar refractivity (Wildman–Crippen MR) is 267 cm³/mol. The molecule has 3 N–H and O–H groups in total. The molecule has 3 unspecified atom stereocenters. The van der Waals surface area contributed by atoms with Crippen LogP contribution in [0.15, 0.2) is 122 Å². The summed E-state index contributed by atoms with van der Waals surface area (Å²) in [7, 11) is 1.51. The van der Waals surface area contributed by atoms with Gasteiger partial charge in [-0.15, -0.1) is 0 Å². The number of likely N-dealkylation sites (N-methyl/N-ethyl adjacent to an activating group) is 1. The Bertz CT molecular complexity index is 1410. The maximum Gasteiger partial charge on any atom is 0.472 e. The van der Waals surface area contributed by atoms with Crippen LogP contribution in [0.2, 0.25) is 0 Å². The highest BCUT2D eigenvalue weighted by Gasteiger charge is 2.27. The minimum Gasteiger partial charge on any atom is -0.387 e. The van der Waals surface area contributed by atoms with Gasteiger partial charge < -0.3 is 19.8 Å². The van der Waals surface area contributed by atoms with Crippen molar-refractivity contribution in [3.8, 4) is 0 Å². The normalized spacial score (nSPS) is 15.3. The lowest BCUT2D eigenvalue weighted by Crippen LogP contribution is -2.45. The molecule has 0 aliphatic heterocycles. The first-order valence-corrected chi connectivity index (χ1v) is 25.4. The largest absolute Gasteiger partial charge is 0.472 e. The van der Waals surface area contributed by atoms with Crippen LogP contribution in [0.3, 0.4) is 0 Å². The number of hydrogen-bond acceptors (Lipinski definition) is 5. The highest BCUT2D eigenvalue weighted by molar-refractivity contribution is 7.47. The molecule has 1 amide bonds. The Labute approximate surface area is 380 Å². The van der Waals surface area contributed by atoms with Crippen LogP contribution in [0.1, 0.15) is 155 Å². The third kappa shape index (κ3) is 44.9. The van der Waals surface area contributed by atoms with E-state index in [0.29, 0.717) is 17.4 Å². The van der Waals surface area contributed by atoms with Gasteiger partial charge in [-0.05, 0) is 96.3 Å². The van der Waals surface area contributed by atoms with Crippen molar-refractivity contribution in [1.82, 2.24) is 5.32 Å². The molecule has 0 fully saturated rings. The smallest absolute Gasteiger partial charge is 0.387 e. The Balaban J connectivity index is 4.36. The molecule has 0 rings (SSSR count). The predicted octanol–water partition coefficient (Wildman–Crippen LogP) is 13.9. The van der Waals surface area contributed by atoms with Gasteiger partial charge in [0.2, 0.25) is 5.91 Å². The zero-order valence-electron chi connectivity index (χ0n) is 39.8. The number of aliphatic hydroxyl groups is 1. The van der Waals surface area contributed by atoms with Crippen LogP contribution in [0.4, 0.5) is 0 Å². The summed E-state index contributed by atoms with van der Waals surface area (Å²) in [4.78, 5) is 23.1. The van der Waals surface area contributed by atoms with Gasteiger partial charge in [-0.3, -0.25) is 13.8 Å². The molecule has 62 heavy (non-hydrogen) atoms. The number of unbranched alkanes of at least 4 members (excludes halogenated alkanes) is 10. The molecule has 3 atom stereocenters. The lowest BCUT2D eigenvalue weighted by atomic mass is 10.1. The topological polar surface area (TPSA) is 105 Å². The van der Waals surface area contributed by atoms with E-state index in [4.69, 9.17) is 9.05 Å². The van der Waals surface area contributed by atoms with Gasteiger partial charge in [-0.2, -0.15) is 0 Å². The second kappa shape index (κ2) is 43.2. The number of phosphoric acid groups is 1. The molecule has 0 bridgehead atoms. The monoisotopic (exact) mass is 882 g/mol. The number of nitrogens with one attached hydrogen (secondary N) is 1. The summed E-state index contributed by atoms with van der Waals surface area (Å²) in [6.07, 6.45) is 64.3. The van der Waals surface area contributed by atoms with Crippen molar-refractivity contribution in [2.24, 2.45) is 0 Å². The summed E-state index contributed by atoms with van der Waals surface area (Å²) in [5.41, 5.74) is 0. The standard InChI is InChI=1S/C53H89N2O6P/c1-6-8-10-12-14-16-18-19-20-21-22-23-24-25-26-27-28-29-30-31-32-33-34-35-37-39-41-43-45-47-53(57)54-51(50-61-62(58,59)60-49-48-55(3,4)5)52(56)46-44-42-40-38-36-17-15-13-11-9-7-2/h8,10,14,16,19-20,22-23,25-26,28-29,31-32,34-36,38,44,46,51-52,56H,6-7,9,11-13,15,17-18,21,24,27,30,33,37,39-43,45,47-50H2,1-5H3,(H-,54,57,58,59)/p+1/b10-8-,16-14-,20-19-,23-22-,26-25-,29-28-,32-31-,35-34-,38-36+,46-44+. The number of quaternary nitrogens is 1. The van der Waals surface area contributed by atoms with Gasteiger partial charge >= 0.3 is 7.82 Å². The van der Waals surface area contributed by atoms with Crippen LogP contribution in [-0.2, 0) is 18.4 Å². The van der Waals surface area contributed by atoms with Gasteiger partial charge in [0.25, 0.3) is 0 Å². The van der Waals surface area contributed by atoms with Crippen LogP contribution in [0.5, 0.6) is 0 Å². The zero-order valence-corrected chi connectivity index (χ0v) is 40.7. The fourth-order valence-corrected chi connectivity index (χ4v) is 6.63. The van der Waals surface area contributed by atoms with Crippen LogP contribution >= 0.6 is 7.82 Å². The van der Waals surface area contributed by atoms with E-state index in [1.165, 1.54) is 32.1 Å². The quantitative estimate of drug-likeness (QED) is 0.0244. The third-order valence-electron chi connectivity index (χ3n) is 9.67. The molecule has 0 aromatic heterocycles. The first-order chi connectivity index (χ1) is 30.0. The fourth-order valence-electron chi connectivity index (χ4n) is 5.89. The SMILES string of the molecule is CC/C=C\C/C=C\C/C=C\C/C=C\C/C=C\C/C=C\C/C=C\C/C=C\CCCCCCC(=O)NC(COP(=O)(O)OCC[N+](C)(C)C)C(O)/C=C/CC/C=C/CCCCCCC. The summed E-state index contributed by atoms with van der Waals surface area (Å²) in [6, 6.07) is -0.885. The molecule has 0 heterocycles. The van der Waals surface area contributed by atoms with Crippen molar-refractivity contribution < 1.29 is 32.9 Å². The first-order valence-electron chi connectivity index (χ1n) is 23.9. The van der Waals surface area contributed by atoms with Gasteiger partial charge in [0.15, 0.2) is 0 Å². The Hall–Kier alpha value is -3.10. The molecule has 0 aliphatic rings. The second-order valence-electron chi connectivity index (χ2n) is 16.7. The Kier molecular flexibility index (Phi) is 41.0. The summed E-state index contributed by atoms with van der Waals surface area (Å²) in [5.74, 6) is -0.220. The molecule has 352 valence electrons. The van der Waals surface area contributed by atoms with E-state index in [1.807, 2.05) is 27.2 Å². The molecule has 0 radical (unpaired) electrons. The number of carbonyl (C=O) groups is 1. The minimum absolute atomic E-state index is 0.0432. The van der Waals surface area contributed by atoms with E-state index in [0.717, 1.165) is 103 Å². The van der Waals surface area contributed by atoms with E-state index < -0.39 is 20.0 Å². The molecule has 0 aliphatic carbocycles. The summed E-state index contributed by atoms with van der Waals surface area (Å²) >= 11 is 0. The molecule has 9 heteroatoms. The fraction of sp³-hybridized carbons (Fsp3) is 0.604. The highest BCUT2D eigenvalue weighted by atomic mass is 31.2. The number of aliphatic hydroxyl groups excluding tert-OH is 1. The van der Waals surface area contributed by atoms with Crippen LogP contribution in [0.25, 0.3) is 0 Å². The summed E-state index contributed by atoms with van der Waals surface area (Å²) in [6.45, 7) is 4.59. The maximum absolute atomic E-state index is 12.9. The number of phosphoric ester groups is 1. The Morgan fingerprint density at radius 2 is 0.984 bits per heavy atom. The number of rotatable bonds is 41. The average Bonchev–Trinajstić information content (AvgIpc) is 3.23. The van der Waals surface area contributed by atoms with Gasteiger partial charge in [0.05, 0.1) is 39.9 Å². The first kappa shape index (κ1) is 58.9. The van der Waals surface area contributed by atoms with Gasteiger partial charge in [0.1, 0.15) is 13.2 Å². The lowest BCUT2D eigenvalue weighted by Gasteiger charge is -2.25. The number of allylic oxidation sites excluding steroid dienone is 19. The highest BCUT2D eigenvalue weighted by Crippen LogP contribution is 2.43. The van der Waals surface area contributed by atoms with Crippen molar-refractivity contribution in [3.05, 3.63) is 122 Å². The van der Waals surface area contributed by atoms with Gasteiger partial charge in [0, 0.05) is 6.42 Å². The molecular weight excluding hydrogens is 792 g/mol. The van der Waals surface area contributed by atoms with E-state index >= 15 is 0 Å². The van der Waals surface area contributed by atoms with Crippen molar-refractivity contribution in [2.75, 3.05) is 40.9 Å². The molecule has 0 aromatic rings. The Morgan fingerprint density at radius 1 is 0.565 bits per heavy atom. The molecule has 0 spiro atoms. The van der Waals surface area contributed by atoms with Crippen molar-refractivity contribution >= 4 is 13.7 Å². The second-order valence-corrected chi connectivity index (χ2v) is 18.2. The van der Waals surface area contributed by atoms with Gasteiger partial charge in [-0.1, -0.05) is 174 Å². The third-order valence-corrected chi connectivity index (χ3v) is 10.6. The number of amides is 1. The maximum atomic E-state index is 12.9. The Morgan fingerprint density at radius 3 is 1.47 bits per heavy atom. The van der Waals surface area contributed by atoms with Gasteiger partial charge in [-0.25, -0.2) is 4.57 Å². The van der Waals surface area contributed by atoms with Crippen molar-refractivity contribution in [2.45, 2.75) is 167 Å². The van der Waals surface area contributed by atoms with Crippen LogP contribution < -0.4 is 5.32 Å². The van der Waals surface area contributed by atoms with E-state index in [2.05, 4.69) is 129 Å². The number of carbonyl (C=O) groups excluding carboxylic acids is 1. The molecule has 8 nitrogen and oxygen atoms in total. The molecule has 0 aromatic carbocycles.